The normalized spacial score (nSPS) is 15.1. The van der Waals surface area contributed by atoms with Gasteiger partial charge in [-0.05, 0) is 42.8 Å². The van der Waals surface area contributed by atoms with Gasteiger partial charge in [0.25, 0.3) is 5.91 Å². The number of rotatable bonds is 4. The van der Waals surface area contributed by atoms with E-state index in [1.54, 1.807) is 35.0 Å². The molecule has 1 aromatic heterocycles. The summed E-state index contributed by atoms with van der Waals surface area (Å²) in [5.41, 5.74) is 2.76. The second-order valence-corrected chi connectivity index (χ2v) is 7.11. The van der Waals surface area contributed by atoms with Gasteiger partial charge in [-0.3, -0.25) is 4.79 Å². The first-order valence-electron chi connectivity index (χ1n) is 8.85. The van der Waals surface area contributed by atoms with E-state index in [1.807, 2.05) is 31.2 Å². The van der Waals surface area contributed by atoms with Crippen LogP contribution in [0.2, 0.25) is 5.02 Å². The number of carboxylic acids is 1. The van der Waals surface area contributed by atoms with Gasteiger partial charge in [-0.2, -0.15) is 5.10 Å². The Bertz CT molecular complexity index is 1120. The lowest BCUT2D eigenvalue weighted by atomic mass is 10.0. The topological polar surface area (TPSA) is 96.2 Å². The molecule has 3 N–H and O–H groups in total. The van der Waals surface area contributed by atoms with E-state index in [0.29, 0.717) is 16.5 Å². The molecule has 29 heavy (non-hydrogen) atoms. The van der Waals surface area contributed by atoms with Gasteiger partial charge in [0.1, 0.15) is 17.1 Å². The van der Waals surface area contributed by atoms with E-state index in [-0.39, 0.29) is 11.3 Å². The van der Waals surface area contributed by atoms with Crippen LogP contribution < -0.4 is 10.6 Å². The Labute approximate surface area is 171 Å². The minimum atomic E-state index is -1.11. The lowest BCUT2D eigenvalue weighted by molar-refractivity contribution is -0.132. The van der Waals surface area contributed by atoms with Crippen molar-refractivity contribution in [1.29, 1.82) is 0 Å². The Morgan fingerprint density at radius 3 is 2.48 bits per heavy atom. The lowest BCUT2D eigenvalue weighted by Gasteiger charge is -2.24. The van der Waals surface area contributed by atoms with Crippen LogP contribution in [0.3, 0.4) is 0 Å². The smallest absolute Gasteiger partial charge is 0.352 e. The van der Waals surface area contributed by atoms with Crippen molar-refractivity contribution < 1.29 is 14.7 Å². The number of carbonyl (C=O) groups excluding carboxylic acids is 1. The Balaban J connectivity index is 1.70. The average Bonchev–Trinajstić information content (AvgIpc) is 3.14. The molecule has 2 heterocycles. The van der Waals surface area contributed by atoms with Crippen LogP contribution in [0.1, 0.15) is 27.5 Å². The number of nitrogens with one attached hydrogen (secondary N) is 2. The summed E-state index contributed by atoms with van der Waals surface area (Å²) in [6.07, 6.45) is 3.00. The summed E-state index contributed by atoms with van der Waals surface area (Å²) in [6, 6.07) is 14.0. The molecule has 0 fully saturated rings. The van der Waals surface area contributed by atoms with Crippen molar-refractivity contribution >= 4 is 35.0 Å². The Morgan fingerprint density at radius 2 is 1.83 bits per heavy atom. The summed E-state index contributed by atoms with van der Waals surface area (Å²) >= 11 is 5.87. The van der Waals surface area contributed by atoms with Crippen LogP contribution in [0.4, 0.5) is 11.5 Å². The van der Waals surface area contributed by atoms with Gasteiger partial charge in [-0.1, -0.05) is 41.4 Å². The number of allylic oxidation sites excluding steroid dienone is 1. The molecule has 2 aromatic carbocycles. The number of halogens is 1. The van der Waals surface area contributed by atoms with E-state index in [4.69, 9.17) is 11.6 Å². The second kappa shape index (κ2) is 7.44. The fourth-order valence-corrected chi connectivity index (χ4v) is 3.25. The Kier molecular flexibility index (Phi) is 4.82. The highest BCUT2D eigenvalue weighted by molar-refractivity contribution is 6.30. The predicted octanol–water partition coefficient (Wildman–Crippen LogP) is 4.08. The second-order valence-electron chi connectivity index (χ2n) is 6.68. The van der Waals surface area contributed by atoms with Crippen molar-refractivity contribution in [3.63, 3.8) is 0 Å². The zero-order valence-corrected chi connectivity index (χ0v) is 16.1. The molecule has 0 bridgehead atoms. The largest absolute Gasteiger partial charge is 0.477 e. The zero-order chi connectivity index (χ0) is 20.5. The standard InChI is InChI=1S/C21H17ClN4O3/c1-12-2-4-13(5-3-12)18-10-17(21(28)29)25-19-16(11-23-26(18)19)20(27)24-15-8-6-14(22)7-9-15/h2-11,18,25H,1H3,(H,24,27)(H,28,29)/t18-/m1/s1. The quantitative estimate of drug-likeness (QED) is 0.604. The SMILES string of the molecule is Cc1ccc([C@H]2C=C(C(=O)O)Nc3c(C(=O)Nc4ccc(Cl)cc4)cnn32)cc1. The number of benzene rings is 2. The van der Waals surface area contributed by atoms with Crippen LogP contribution in [0.5, 0.6) is 0 Å². The van der Waals surface area contributed by atoms with E-state index >= 15 is 0 Å². The molecule has 1 aliphatic heterocycles. The van der Waals surface area contributed by atoms with Crippen LogP contribution in [0, 0.1) is 6.92 Å². The van der Waals surface area contributed by atoms with E-state index in [1.165, 1.54) is 6.20 Å². The molecule has 0 aliphatic carbocycles. The zero-order valence-electron chi connectivity index (χ0n) is 15.4. The number of aromatic nitrogens is 2. The van der Waals surface area contributed by atoms with Crippen molar-refractivity contribution in [3.8, 4) is 0 Å². The van der Waals surface area contributed by atoms with Crippen LogP contribution in [-0.4, -0.2) is 26.8 Å². The molecule has 3 aromatic rings. The highest BCUT2D eigenvalue weighted by Gasteiger charge is 2.29. The van der Waals surface area contributed by atoms with Gasteiger partial charge in [0.15, 0.2) is 0 Å². The molecule has 146 valence electrons. The third kappa shape index (κ3) is 3.72. The molecule has 1 aliphatic rings. The van der Waals surface area contributed by atoms with E-state index in [9.17, 15) is 14.7 Å². The number of amides is 1. The van der Waals surface area contributed by atoms with Crippen molar-refractivity contribution in [2.75, 3.05) is 10.6 Å². The van der Waals surface area contributed by atoms with Crippen molar-refractivity contribution in [2.24, 2.45) is 0 Å². The van der Waals surface area contributed by atoms with E-state index in [0.717, 1.165) is 11.1 Å². The van der Waals surface area contributed by atoms with Crippen LogP contribution in [0.15, 0.2) is 66.5 Å². The lowest BCUT2D eigenvalue weighted by Crippen LogP contribution is -2.25. The number of hydrogen-bond acceptors (Lipinski definition) is 4. The maximum Gasteiger partial charge on any atom is 0.352 e. The first-order valence-corrected chi connectivity index (χ1v) is 9.23. The third-order valence-electron chi connectivity index (χ3n) is 4.63. The molecule has 4 rings (SSSR count). The fraction of sp³-hybridized carbons (Fsp3) is 0.0952. The summed E-state index contributed by atoms with van der Waals surface area (Å²) in [7, 11) is 0. The van der Waals surface area contributed by atoms with Gasteiger partial charge in [-0.15, -0.1) is 0 Å². The van der Waals surface area contributed by atoms with Gasteiger partial charge in [0.05, 0.1) is 12.2 Å². The molecule has 0 spiro atoms. The molecule has 1 amide bonds. The predicted molar refractivity (Wildman–Crippen MR) is 110 cm³/mol. The molecule has 1 atom stereocenters. The summed E-state index contributed by atoms with van der Waals surface area (Å²) in [6.45, 7) is 1.98. The van der Waals surface area contributed by atoms with Crippen LogP contribution >= 0.6 is 11.6 Å². The molecule has 8 heteroatoms. The van der Waals surface area contributed by atoms with Crippen molar-refractivity contribution in [1.82, 2.24) is 9.78 Å². The molecule has 0 saturated heterocycles. The Hall–Kier alpha value is -3.58. The summed E-state index contributed by atoms with van der Waals surface area (Å²) in [5, 5.41) is 20.0. The molecule has 0 unspecified atom stereocenters. The van der Waals surface area contributed by atoms with Gasteiger partial charge in [0.2, 0.25) is 0 Å². The molecule has 0 radical (unpaired) electrons. The monoisotopic (exact) mass is 408 g/mol. The number of hydrogen-bond donors (Lipinski definition) is 3. The third-order valence-corrected chi connectivity index (χ3v) is 4.88. The summed E-state index contributed by atoms with van der Waals surface area (Å²) < 4.78 is 1.61. The summed E-state index contributed by atoms with van der Waals surface area (Å²) in [5.74, 6) is -1.20. The first kappa shape index (κ1) is 18.8. The van der Waals surface area contributed by atoms with Crippen LogP contribution in [0.25, 0.3) is 0 Å². The van der Waals surface area contributed by atoms with Crippen LogP contribution in [-0.2, 0) is 4.79 Å². The highest BCUT2D eigenvalue weighted by atomic mass is 35.5. The van der Waals surface area contributed by atoms with Gasteiger partial charge >= 0.3 is 5.97 Å². The van der Waals surface area contributed by atoms with Gasteiger partial charge in [0, 0.05) is 10.7 Å². The molecule has 7 nitrogen and oxygen atoms in total. The highest BCUT2D eigenvalue weighted by Crippen LogP contribution is 2.32. The van der Waals surface area contributed by atoms with E-state index < -0.39 is 17.9 Å². The molecule has 0 saturated carbocycles. The maximum absolute atomic E-state index is 12.8. The Morgan fingerprint density at radius 1 is 1.14 bits per heavy atom. The minimum Gasteiger partial charge on any atom is -0.477 e. The number of anilines is 2. The number of nitrogens with zero attached hydrogens (tertiary/aromatic N) is 2. The van der Waals surface area contributed by atoms with E-state index in [2.05, 4.69) is 15.7 Å². The molecular weight excluding hydrogens is 392 g/mol. The number of carboxylic acid groups (broad SMARTS) is 1. The van der Waals surface area contributed by atoms with Gasteiger partial charge in [-0.25, -0.2) is 9.48 Å². The maximum atomic E-state index is 12.8. The number of aryl methyl sites for hydroxylation is 1. The van der Waals surface area contributed by atoms with Crippen molar-refractivity contribution in [3.05, 3.63) is 88.2 Å². The number of carbonyl (C=O) groups is 2. The molecular formula is C21H17ClN4O3. The first-order chi connectivity index (χ1) is 13.9. The number of aliphatic carboxylic acids is 1. The van der Waals surface area contributed by atoms with Gasteiger partial charge < -0.3 is 15.7 Å². The minimum absolute atomic E-state index is 0.0101. The average molecular weight is 409 g/mol. The number of fused-ring (bicyclic) bond motifs is 1. The van der Waals surface area contributed by atoms with Crippen molar-refractivity contribution in [2.45, 2.75) is 13.0 Å². The summed E-state index contributed by atoms with van der Waals surface area (Å²) in [4.78, 5) is 24.4. The fourth-order valence-electron chi connectivity index (χ4n) is 3.12.